The molecule has 2 N–H and O–H groups in total. The normalized spacial score (nSPS) is 31.3. The molecule has 0 aromatic heterocycles. The lowest BCUT2D eigenvalue weighted by atomic mass is 9.80. The number of carboxylic acid groups (broad SMARTS) is 1. The van der Waals surface area contributed by atoms with E-state index in [-0.39, 0.29) is 17.6 Å². The van der Waals surface area contributed by atoms with Crippen molar-refractivity contribution < 1.29 is 24.6 Å². The fourth-order valence-corrected chi connectivity index (χ4v) is 4.23. The lowest BCUT2D eigenvalue weighted by molar-refractivity contribution is -0.161. The van der Waals surface area contributed by atoms with Gasteiger partial charge in [-0.3, -0.25) is 4.79 Å². The molecule has 1 aromatic carbocycles. The van der Waals surface area contributed by atoms with E-state index in [1.54, 1.807) is 13.8 Å². The molecular formula is C19H20N2O5. The Morgan fingerprint density at radius 2 is 2.08 bits per heavy atom. The van der Waals surface area contributed by atoms with Gasteiger partial charge in [0, 0.05) is 12.0 Å². The topological polar surface area (TPSA) is 99.4 Å². The van der Waals surface area contributed by atoms with E-state index in [1.165, 1.54) is 4.90 Å². The Bertz CT molecular complexity index is 845. The van der Waals surface area contributed by atoms with E-state index in [2.05, 4.69) is 5.16 Å². The fourth-order valence-electron chi connectivity index (χ4n) is 4.23. The Labute approximate surface area is 150 Å². The van der Waals surface area contributed by atoms with Gasteiger partial charge < -0.3 is 20.0 Å². The van der Waals surface area contributed by atoms with Crippen LogP contribution in [0.25, 0.3) is 0 Å². The van der Waals surface area contributed by atoms with Gasteiger partial charge in [-0.2, -0.15) is 0 Å². The highest BCUT2D eigenvalue weighted by Gasteiger charge is 2.60. The van der Waals surface area contributed by atoms with Crippen molar-refractivity contribution in [1.82, 2.24) is 4.90 Å². The van der Waals surface area contributed by atoms with E-state index in [1.807, 2.05) is 30.3 Å². The third-order valence-electron chi connectivity index (χ3n) is 5.54. The molecule has 7 heteroatoms. The van der Waals surface area contributed by atoms with Crippen LogP contribution in [0.4, 0.5) is 0 Å². The molecule has 1 fully saturated rings. The first kappa shape index (κ1) is 16.8. The quantitative estimate of drug-likeness (QED) is 0.797. The van der Waals surface area contributed by atoms with E-state index in [0.717, 1.165) is 11.3 Å². The van der Waals surface area contributed by atoms with Crippen LogP contribution in [-0.2, 0) is 14.4 Å². The molecule has 0 saturated carbocycles. The molecular weight excluding hydrogens is 336 g/mol. The molecule has 1 aromatic rings. The van der Waals surface area contributed by atoms with Gasteiger partial charge in [-0.05, 0) is 25.8 Å². The number of carbonyl (C=O) groups is 2. The predicted molar refractivity (Wildman–Crippen MR) is 92.2 cm³/mol. The molecule has 3 heterocycles. The Morgan fingerprint density at radius 1 is 1.38 bits per heavy atom. The molecule has 0 aliphatic carbocycles. The molecule has 7 nitrogen and oxygen atoms in total. The molecule has 4 atom stereocenters. The van der Waals surface area contributed by atoms with Crippen molar-refractivity contribution in [2.24, 2.45) is 11.1 Å². The van der Waals surface area contributed by atoms with Crippen LogP contribution in [0, 0.1) is 5.92 Å². The first-order valence-corrected chi connectivity index (χ1v) is 8.62. The summed E-state index contributed by atoms with van der Waals surface area (Å²) in [5.41, 5.74) is 1.29. The van der Waals surface area contributed by atoms with Crippen LogP contribution in [0.2, 0.25) is 0 Å². The zero-order valence-corrected chi connectivity index (χ0v) is 14.5. The SMILES string of the molecule is C[C@@H](O)[C@H]1C(=O)N2C(C(=O)O)=C([C@]3(C)CC(c4ccccc4)=NO3)C[C@H]12. The minimum Gasteiger partial charge on any atom is -0.477 e. The standard InChI is InChI=1S/C19H20N2O5/c1-10(22)15-14-8-12(16(18(24)25)21(14)17(15)23)19(2)9-13(20-26-19)11-6-4-3-5-7-11/h3-7,10,14-15,22H,8-9H2,1-2H3,(H,24,25)/t10-,14-,15-,19+/m1/s1. The minimum atomic E-state index is -1.15. The zero-order chi connectivity index (χ0) is 18.6. The number of hydrogen-bond donors (Lipinski definition) is 2. The van der Waals surface area contributed by atoms with Crippen molar-refractivity contribution in [1.29, 1.82) is 0 Å². The number of rotatable bonds is 4. The first-order chi connectivity index (χ1) is 12.3. The summed E-state index contributed by atoms with van der Waals surface area (Å²) >= 11 is 0. The van der Waals surface area contributed by atoms with Gasteiger partial charge in [-0.1, -0.05) is 35.5 Å². The van der Waals surface area contributed by atoms with Gasteiger partial charge in [-0.25, -0.2) is 4.79 Å². The number of fused-ring (bicyclic) bond motifs is 1. The van der Waals surface area contributed by atoms with Gasteiger partial charge in [0.25, 0.3) is 0 Å². The highest BCUT2D eigenvalue weighted by atomic mass is 16.7. The predicted octanol–water partition coefficient (Wildman–Crippen LogP) is 1.52. The van der Waals surface area contributed by atoms with Crippen molar-refractivity contribution in [3.63, 3.8) is 0 Å². The number of amides is 1. The van der Waals surface area contributed by atoms with Crippen LogP contribution in [-0.4, -0.2) is 50.4 Å². The molecule has 0 spiro atoms. The maximum atomic E-state index is 12.3. The lowest BCUT2D eigenvalue weighted by Gasteiger charge is -2.44. The van der Waals surface area contributed by atoms with E-state index in [0.29, 0.717) is 18.4 Å². The van der Waals surface area contributed by atoms with Gasteiger partial charge in [0.2, 0.25) is 5.91 Å². The molecule has 3 aliphatic rings. The Kier molecular flexibility index (Phi) is 3.66. The second kappa shape index (κ2) is 5.67. The number of carboxylic acids is 1. The van der Waals surface area contributed by atoms with Crippen molar-refractivity contribution in [2.75, 3.05) is 0 Å². The number of oxime groups is 1. The molecule has 1 amide bonds. The fraction of sp³-hybridized carbons (Fsp3) is 0.421. The minimum absolute atomic E-state index is 0.0242. The molecule has 26 heavy (non-hydrogen) atoms. The van der Waals surface area contributed by atoms with Crippen molar-refractivity contribution in [2.45, 2.75) is 44.4 Å². The smallest absolute Gasteiger partial charge is 0.352 e. The third kappa shape index (κ3) is 2.27. The van der Waals surface area contributed by atoms with E-state index < -0.39 is 23.6 Å². The summed E-state index contributed by atoms with van der Waals surface area (Å²) < 4.78 is 0. The molecule has 0 radical (unpaired) electrons. The number of aliphatic hydroxyl groups excluding tert-OH is 1. The van der Waals surface area contributed by atoms with E-state index >= 15 is 0 Å². The zero-order valence-electron chi connectivity index (χ0n) is 14.5. The average Bonchev–Trinajstić information content (AvgIpc) is 3.15. The Hall–Kier alpha value is -2.67. The Balaban J connectivity index is 1.65. The van der Waals surface area contributed by atoms with Crippen LogP contribution in [0.3, 0.4) is 0 Å². The van der Waals surface area contributed by atoms with Crippen LogP contribution in [0.15, 0.2) is 46.8 Å². The number of carbonyl (C=O) groups excluding carboxylic acids is 1. The number of β-lactam (4-membered cyclic amide) rings is 1. The summed E-state index contributed by atoms with van der Waals surface area (Å²) in [6.07, 6.45) is -0.0135. The highest BCUT2D eigenvalue weighted by Crippen LogP contribution is 2.49. The summed E-state index contributed by atoms with van der Waals surface area (Å²) in [5, 5.41) is 23.7. The summed E-state index contributed by atoms with van der Waals surface area (Å²) in [6.45, 7) is 3.36. The van der Waals surface area contributed by atoms with Crippen LogP contribution in [0.5, 0.6) is 0 Å². The summed E-state index contributed by atoms with van der Waals surface area (Å²) in [7, 11) is 0. The summed E-state index contributed by atoms with van der Waals surface area (Å²) in [4.78, 5) is 31.2. The molecule has 0 unspecified atom stereocenters. The van der Waals surface area contributed by atoms with Gasteiger partial charge in [-0.15, -0.1) is 0 Å². The van der Waals surface area contributed by atoms with E-state index in [9.17, 15) is 19.8 Å². The maximum absolute atomic E-state index is 12.3. The first-order valence-electron chi connectivity index (χ1n) is 8.62. The molecule has 136 valence electrons. The largest absolute Gasteiger partial charge is 0.477 e. The van der Waals surface area contributed by atoms with Gasteiger partial charge in [0.05, 0.1) is 23.8 Å². The Morgan fingerprint density at radius 3 is 2.69 bits per heavy atom. The summed E-state index contributed by atoms with van der Waals surface area (Å²) in [5.74, 6) is -2.07. The van der Waals surface area contributed by atoms with Gasteiger partial charge >= 0.3 is 5.97 Å². The highest BCUT2D eigenvalue weighted by molar-refractivity contribution is 6.03. The number of nitrogens with zero attached hydrogens (tertiary/aromatic N) is 2. The lowest BCUT2D eigenvalue weighted by Crippen LogP contribution is -2.61. The van der Waals surface area contributed by atoms with Gasteiger partial charge in [0.15, 0.2) is 5.60 Å². The second-order valence-electron chi connectivity index (χ2n) is 7.28. The molecule has 0 bridgehead atoms. The molecule has 1 saturated heterocycles. The van der Waals surface area contributed by atoms with Crippen molar-refractivity contribution in [3.05, 3.63) is 47.2 Å². The number of hydrogen-bond acceptors (Lipinski definition) is 5. The van der Waals surface area contributed by atoms with Crippen molar-refractivity contribution >= 4 is 17.6 Å². The monoisotopic (exact) mass is 356 g/mol. The van der Waals surface area contributed by atoms with E-state index in [4.69, 9.17) is 4.84 Å². The number of aliphatic hydroxyl groups is 1. The maximum Gasteiger partial charge on any atom is 0.352 e. The van der Waals surface area contributed by atoms with Crippen LogP contribution >= 0.6 is 0 Å². The van der Waals surface area contributed by atoms with Crippen LogP contribution in [0.1, 0.15) is 32.3 Å². The number of benzene rings is 1. The molecule has 3 aliphatic heterocycles. The molecule has 4 rings (SSSR count). The average molecular weight is 356 g/mol. The summed E-state index contributed by atoms with van der Waals surface area (Å²) in [6, 6.07) is 9.24. The van der Waals surface area contributed by atoms with Crippen molar-refractivity contribution in [3.8, 4) is 0 Å². The number of aliphatic carboxylic acids is 1. The second-order valence-corrected chi connectivity index (χ2v) is 7.28. The van der Waals surface area contributed by atoms with Gasteiger partial charge in [0.1, 0.15) is 5.70 Å². The third-order valence-corrected chi connectivity index (χ3v) is 5.54. The van der Waals surface area contributed by atoms with Crippen LogP contribution < -0.4 is 0 Å².